The molecule has 114 valence electrons. The van der Waals surface area contributed by atoms with E-state index >= 15 is 0 Å². The number of aryl methyl sites for hydroxylation is 2. The van der Waals surface area contributed by atoms with Gasteiger partial charge in [0.15, 0.2) is 5.82 Å². The van der Waals surface area contributed by atoms with Crippen molar-refractivity contribution in [2.75, 3.05) is 7.05 Å². The van der Waals surface area contributed by atoms with E-state index < -0.39 is 5.97 Å². The number of carboxylic acid groups (broad SMARTS) is 1. The van der Waals surface area contributed by atoms with Gasteiger partial charge >= 0.3 is 5.97 Å². The summed E-state index contributed by atoms with van der Waals surface area (Å²) < 4.78 is 6.80. The van der Waals surface area contributed by atoms with Gasteiger partial charge in [0, 0.05) is 18.3 Å². The third-order valence-corrected chi connectivity index (χ3v) is 3.24. The van der Waals surface area contributed by atoms with Crippen molar-refractivity contribution in [2.45, 2.75) is 39.4 Å². The average Bonchev–Trinajstić information content (AvgIpc) is 3.04. The second kappa shape index (κ2) is 6.49. The van der Waals surface area contributed by atoms with Crippen LogP contribution >= 0.6 is 0 Å². The second-order valence-electron chi connectivity index (χ2n) is 5.03. The molecule has 8 nitrogen and oxygen atoms in total. The molecule has 0 bridgehead atoms. The standard InChI is InChI=1S/C13H19N5O3/c1-9(13-15-10(2)16-21-13)17(3)7-11-6-14-18(8-11)5-4-12(19)20/h6,8-9H,4-5,7H2,1-3H3,(H,19,20). The first-order valence-corrected chi connectivity index (χ1v) is 6.69. The van der Waals surface area contributed by atoms with E-state index in [2.05, 4.69) is 20.1 Å². The molecule has 2 rings (SSSR count). The Kier molecular flexibility index (Phi) is 4.69. The lowest BCUT2D eigenvalue weighted by molar-refractivity contribution is -0.137. The Hall–Kier alpha value is -2.22. The third-order valence-electron chi connectivity index (χ3n) is 3.24. The minimum absolute atomic E-state index is 0.00595. The molecule has 21 heavy (non-hydrogen) atoms. The van der Waals surface area contributed by atoms with Crippen molar-refractivity contribution in [3.63, 3.8) is 0 Å². The number of aliphatic carboxylic acids is 1. The van der Waals surface area contributed by atoms with Crippen molar-refractivity contribution >= 4 is 5.97 Å². The molecule has 0 spiro atoms. The number of carbonyl (C=O) groups is 1. The quantitative estimate of drug-likeness (QED) is 0.820. The van der Waals surface area contributed by atoms with Gasteiger partial charge in [0.2, 0.25) is 5.89 Å². The lowest BCUT2D eigenvalue weighted by Crippen LogP contribution is -2.22. The van der Waals surface area contributed by atoms with Crippen LogP contribution in [0.2, 0.25) is 0 Å². The van der Waals surface area contributed by atoms with E-state index in [0.29, 0.717) is 24.8 Å². The smallest absolute Gasteiger partial charge is 0.305 e. The van der Waals surface area contributed by atoms with Gasteiger partial charge in [0.1, 0.15) is 0 Å². The second-order valence-corrected chi connectivity index (χ2v) is 5.03. The first-order valence-electron chi connectivity index (χ1n) is 6.69. The molecule has 1 N–H and O–H groups in total. The van der Waals surface area contributed by atoms with Crippen molar-refractivity contribution in [1.82, 2.24) is 24.8 Å². The summed E-state index contributed by atoms with van der Waals surface area (Å²) in [5.41, 5.74) is 1.01. The first-order chi connectivity index (χ1) is 9.95. The number of aromatic nitrogens is 4. The number of nitrogens with zero attached hydrogens (tertiary/aromatic N) is 5. The van der Waals surface area contributed by atoms with E-state index in [9.17, 15) is 4.79 Å². The molecule has 0 aliphatic heterocycles. The van der Waals surface area contributed by atoms with Crippen LogP contribution in [0.4, 0.5) is 0 Å². The van der Waals surface area contributed by atoms with Gasteiger partial charge in [-0.25, -0.2) is 0 Å². The van der Waals surface area contributed by atoms with E-state index in [1.165, 1.54) is 0 Å². The Labute approximate surface area is 122 Å². The Morgan fingerprint density at radius 2 is 2.33 bits per heavy atom. The molecule has 0 saturated carbocycles. The Morgan fingerprint density at radius 1 is 1.57 bits per heavy atom. The maximum Gasteiger partial charge on any atom is 0.305 e. The third kappa shape index (κ3) is 4.12. The van der Waals surface area contributed by atoms with Crippen molar-refractivity contribution in [3.8, 4) is 0 Å². The van der Waals surface area contributed by atoms with E-state index in [4.69, 9.17) is 9.63 Å². The van der Waals surface area contributed by atoms with Crippen LogP contribution in [0.3, 0.4) is 0 Å². The maximum atomic E-state index is 10.5. The van der Waals surface area contributed by atoms with Gasteiger partial charge in [-0.1, -0.05) is 5.16 Å². The van der Waals surface area contributed by atoms with Crippen LogP contribution in [-0.2, 0) is 17.9 Å². The van der Waals surface area contributed by atoms with Crippen LogP contribution in [0.25, 0.3) is 0 Å². The molecule has 1 unspecified atom stereocenters. The SMILES string of the molecule is Cc1noc(C(C)N(C)Cc2cnn(CCC(=O)O)c2)n1. The highest BCUT2D eigenvalue weighted by Gasteiger charge is 2.18. The molecule has 8 heteroatoms. The van der Waals surface area contributed by atoms with E-state index in [-0.39, 0.29) is 12.5 Å². The lowest BCUT2D eigenvalue weighted by atomic mass is 10.2. The summed E-state index contributed by atoms with van der Waals surface area (Å²) in [5, 5.41) is 16.6. The maximum absolute atomic E-state index is 10.5. The zero-order valence-corrected chi connectivity index (χ0v) is 12.4. The van der Waals surface area contributed by atoms with Gasteiger partial charge < -0.3 is 9.63 Å². The summed E-state index contributed by atoms with van der Waals surface area (Å²) in [6, 6.07) is -0.00595. The minimum atomic E-state index is -0.829. The molecule has 0 fully saturated rings. The molecule has 0 amide bonds. The zero-order chi connectivity index (χ0) is 15.4. The molecule has 2 heterocycles. The average molecular weight is 293 g/mol. The topological polar surface area (TPSA) is 97.3 Å². The lowest BCUT2D eigenvalue weighted by Gasteiger charge is -2.20. The fourth-order valence-corrected chi connectivity index (χ4v) is 1.92. The number of carboxylic acids is 1. The first kappa shape index (κ1) is 15.2. The molecule has 0 aliphatic rings. The molecule has 1 atom stereocenters. The highest BCUT2D eigenvalue weighted by molar-refractivity contribution is 5.66. The van der Waals surface area contributed by atoms with E-state index in [1.807, 2.05) is 20.2 Å². The number of rotatable bonds is 7. The largest absolute Gasteiger partial charge is 0.481 e. The molecule has 2 aromatic heterocycles. The Morgan fingerprint density at radius 3 is 2.95 bits per heavy atom. The molecule has 0 saturated heterocycles. The van der Waals surface area contributed by atoms with Gasteiger partial charge in [-0.3, -0.25) is 14.4 Å². The van der Waals surface area contributed by atoms with Gasteiger partial charge in [-0.15, -0.1) is 0 Å². The summed E-state index contributed by atoms with van der Waals surface area (Å²) in [6.45, 7) is 4.81. The Balaban J connectivity index is 1.93. The van der Waals surface area contributed by atoms with Gasteiger partial charge in [-0.05, 0) is 20.9 Å². The molecule has 0 aromatic carbocycles. The summed E-state index contributed by atoms with van der Waals surface area (Å²) in [6.07, 6.45) is 3.66. The van der Waals surface area contributed by atoms with Crippen LogP contribution in [-0.4, -0.2) is 42.9 Å². The summed E-state index contributed by atoms with van der Waals surface area (Å²) in [5.74, 6) is 0.365. The molecule has 2 aromatic rings. The molecule has 0 radical (unpaired) electrons. The van der Waals surface area contributed by atoms with E-state index in [1.54, 1.807) is 17.8 Å². The summed E-state index contributed by atoms with van der Waals surface area (Å²) in [4.78, 5) is 16.8. The molecular formula is C13H19N5O3. The van der Waals surface area contributed by atoms with Crippen LogP contribution in [0.5, 0.6) is 0 Å². The fraction of sp³-hybridized carbons (Fsp3) is 0.538. The normalized spacial score (nSPS) is 12.8. The monoisotopic (exact) mass is 293 g/mol. The number of hydrogen-bond acceptors (Lipinski definition) is 6. The predicted molar refractivity (Wildman–Crippen MR) is 73.4 cm³/mol. The highest BCUT2D eigenvalue weighted by Crippen LogP contribution is 2.18. The highest BCUT2D eigenvalue weighted by atomic mass is 16.5. The van der Waals surface area contributed by atoms with E-state index in [0.717, 1.165) is 5.56 Å². The van der Waals surface area contributed by atoms with Gasteiger partial charge in [-0.2, -0.15) is 10.1 Å². The van der Waals surface area contributed by atoms with Gasteiger partial charge in [0.05, 0.1) is 25.2 Å². The molecule has 0 aliphatic carbocycles. The van der Waals surface area contributed by atoms with Crippen LogP contribution in [0, 0.1) is 6.92 Å². The Bertz CT molecular complexity index is 606. The van der Waals surface area contributed by atoms with Crippen molar-refractivity contribution in [2.24, 2.45) is 0 Å². The van der Waals surface area contributed by atoms with Crippen molar-refractivity contribution in [1.29, 1.82) is 0 Å². The number of hydrogen-bond donors (Lipinski definition) is 1. The van der Waals surface area contributed by atoms with Crippen LogP contribution in [0.1, 0.15) is 36.7 Å². The van der Waals surface area contributed by atoms with Crippen LogP contribution < -0.4 is 0 Å². The predicted octanol–water partition coefficient (Wildman–Crippen LogP) is 1.24. The summed E-state index contributed by atoms with van der Waals surface area (Å²) in [7, 11) is 1.96. The van der Waals surface area contributed by atoms with Crippen molar-refractivity contribution in [3.05, 3.63) is 29.7 Å². The van der Waals surface area contributed by atoms with Gasteiger partial charge in [0.25, 0.3) is 0 Å². The van der Waals surface area contributed by atoms with Crippen LogP contribution in [0.15, 0.2) is 16.9 Å². The zero-order valence-electron chi connectivity index (χ0n) is 12.4. The summed E-state index contributed by atoms with van der Waals surface area (Å²) >= 11 is 0. The minimum Gasteiger partial charge on any atom is -0.481 e. The molecular weight excluding hydrogens is 274 g/mol. The van der Waals surface area contributed by atoms with Crippen molar-refractivity contribution < 1.29 is 14.4 Å². The fourth-order valence-electron chi connectivity index (χ4n) is 1.92.